The Morgan fingerprint density at radius 2 is 2.29 bits per heavy atom. The molecule has 1 spiro atoms. The van der Waals surface area contributed by atoms with E-state index < -0.39 is 0 Å². The molecule has 1 atom stereocenters. The molecule has 0 aromatic rings. The zero-order valence-corrected chi connectivity index (χ0v) is 9.17. The molecule has 0 radical (unpaired) electrons. The van der Waals surface area contributed by atoms with Gasteiger partial charge in [-0.3, -0.25) is 0 Å². The first-order chi connectivity index (χ1) is 6.77. The lowest BCUT2D eigenvalue weighted by Crippen LogP contribution is -2.67. The second-order valence-electron chi connectivity index (χ2n) is 4.86. The molecule has 2 aliphatic heterocycles. The number of nitrogens with two attached hydrogens (primary N) is 1. The molecule has 0 aromatic carbocycles. The largest absolute Gasteiger partial charge is 0.380 e. The fourth-order valence-corrected chi connectivity index (χ4v) is 2.62. The Balaban J connectivity index is 1.78. The van der Waals surface area contributed by atoms with Crippen molar-refractivity contribution in [3.05, 3.63) is 0 Å². The molecule has 14 heavy (non-hydrogen) atoms. The minimum absolute atomic E-state index is 0.272. The van der Waals surface area contributed by atoms with Crippen molar-refractivity contribution in [2.45, 2.75) is 32.2 Å². The summed E-state index contributed by atoms with van der Waals surface area (Å²) >= 11 is 0. The number of unbranched alkanes of at least 4 members (excludes halogenated alkanes) is 1. The van der Waals surface area contributed by atoms with Gasteiger partial charge >= 0.3 is 0 Å². The molecular weight excluding hydrogens is 176 g/mol. The first kappa shape index (κ1) is 10.4. The molecular formula is C11H22N2O. The molecule has 0 saturated carbocycles. The summed E-state index contributed by atoms with van der Waals surface area (Å²) in [7, 11) is 0. The molecule has 2 rings (SSSR count). The van der Waals surface area contributed by atoms with Crippen molar-refractivity contribution in [1.82, 2.24) is 4.90 Å². The van der Waals surface area contributed by atoms with Crippen LogP contribution in [-0.4, -0.2) is 43.8 Å². The Kier molecular flexibility index (Phi) is 3.10. The van der Waals surface area contributed by atoms with Crippen LogP contribution in [0.5, 0.6) is 0 Å². The van der Waals surface area contributed by atoms with Crippen LogP contribution in [0.3, 0.4) is 0 Å². The van der Waals surface area contributed by atoms with E-state index in [1.165, 1.54) is 32.5 Å². The predicted octanol–water partition coefficient (Wildman–Crippen LogP) is 0.836. The quantitative estimate of drug-likeness (QED) is 0.730. The molecule has 3 nitrogen and oxygen atoms in total. The van der Waals surface area contributed by atoms with Gasteiger partial charge in [-0.25, -0.2) is 0 Å². The maximum absolute atomic E-state index is 6.11. The number of nitrogens with zero attached hydrogens (tertiary/aromatic N) is 1. The molecule has 0 aromatic heterocycles. The SMILES string of the molecule is CCCCN1CC2(CCOC[C@@H]2N)C1. The van der Waals surface area contributed by atoms with Gasteiger partial charge in [0.25, 0.3) is 0 Å². The molecule has 0 aliphatic carbocycles. The smallest absolute Gasteiger partial charge is 0.0623 e. The van der Waals surface area contributed by atoms with Crippen molar-refractivity contribution in [2.75, 3.05) is 32.8 Å². The molecule has 2 heterocycles. The van der Waals surface area contributed by atoms with Crippen LogP contribution in [0.25, 0.3) is 0 Å². The van der Waals surface area contributed by atoms with Gasteiger partial charge < -0.3 is 15.4 Å². The molecule has 2 N–H and O–H groups in total. The Hall–Kier alpha value is -0.120. The van der Waals surface area contributed by atoms with Crippen molar-refractivity contribution in [1.29, 1.82) is 0 Å². The van der Waals surface area contributed by atoms with Crippen molar-refractivity contribution in [2.24, 2.45) is 11.1 Å². The van der Waals surface area contributed by atoms with Crippen molar-refractivity contribution >= 4 is 0 Å². The molecule has 0 bridgehead atoms. The standard InChI is InChI=1S/C11H22N2O/c1-2-3-5-13-8-11(9-13)4-6-14-7-10(11)12/h10H,2-9,12H2,1H3/t10-/m0/s1. The highest BCUT2D eigenvalue weighted by Gasteiger charge is 2.48. The second-order valence-corrected chi connectivity index (χ2v) is 4.86. The van der Waals surface area contributed by atoms with Gasteiger partial charge in [-0.15, -0.1) is 0 Å². The lowest BCUT2D eigenvalue weighted by molar-refractivity contribution is -0.0956. The van der Waals surface area contributed by atoms with Gasteiger partial charge in [0.2, 0.25) is 0 Å². The number of rotatable bonds is 3. The Bertz CT molecular complexity index is 190. The highest BCUT2D eigenvalue weighted by atomic mass is 16.5. The third-order valence-corrected chi connectivity index (χ3v) is 3.73. The average Bonchev–Trinajstić information content (AvgIpc) is 2.14. The molecule has 82 valence electrons. The van der Waals surface area contributed by atoms with Crippen LogP contribution >= 0.6 is 0 Å². The van der Waals surface area contributed by atoms with Gasteiger partial charge in [-0.2, -0.15) is 0 Å². The van der Waals surface area contributed by atoms with Crippen LogP contribution in [0.15, 0.2) is 0 Å². The van der Waals surface area contributed by atoms with Gasteiger partial charge in [-0.05, 0) is 19.4 Å². The Morgan fingerprint density at radius 1 is 1.50 bits per heavy atom. The zero-order valence-electron chi connectivity index (χ0n) is 9.17. The van der Waals surface area contributed by atoms with Crippen LogP contribution in [-0.2, 0) is 4.74 Å². The van der Waals surface area contributed by atoms with Gasteiger partial charge in [0.15, 0.2) is 0 Å². The Morgan fingerprint density at radius 3 is 2.93 bits per heavy atom. The van der Waals surface area contributed by atoms with E-state index in [1.54, 1.807) is 0 Å². The molecule has 2 aliphatic rings. The molecule has 3 heteroatoms. The van der Waals surface area contributed by atoms with E-state index in [0.29, 0.717) is 5.41 Å². The van der Waals surface area contributed by atoms with Crippen molar-refractivity contribution in [3.8, 4) is 0 Å². The monoisotopic (exact) mass is 198 g/mol. The average molecular weight is 198 g/mol. The molecule has 2 saturated heterocycles. The predicted molar refractivity (Wildman–Crippen MR) is 57.2 cm³/mol. The first-order valence-electron chi connectivity index (χ1n) is 5.82. The minimum Gasteiger partial charge on any atom is -0.380 e. The Labute approximate surface area is 86.6 Å². The lowest BCUT2D eigenvalue weighted by Gasteiger charge is -2.55. The normalized spacial score (nSPS) is 31.7. The van der Waals surface area contributed by atoms with E-state index in [0.717, 1.165) is 19.6 Å². The van der Waals surface area contributed by atoms with Crippen LogP contribution < -0.4 is 5.73 Å². The second kappa shape index (κ2) is 4.17. The van der Waals surface area contributed by atoms with E-state index in [1.807, 2.05) is 0 Å². The maximum Gasteiger partial charge on any atom is 0.0623 e. The van der Waals surface area contributed by atoms with E-state index in [-0.39, 0.29) is 6.04 Å². The van der Waals surface area contributed by atoms with Gasteiger partial charge in [0.05, 0.1) is 6.61 Å². The summed E-state index contributed by atoms with van der Waals surface area (Å²) in [5, 5.41) is 0. The number of hydrogen-bond acceptors (Lipinski definition) is 3. The fourth-order valence-electron chi connectivity index (χ4n) is 2.62. The van der Waals surface area contributed by atoms with Gasteiger partial charge in [0, 0.05) is 31.2 Å². The van der Waals surface area contributed by atoms with Crippen LogP contribution in [0, 0.1) is 5.41 Å². The molecule has 2 fully saturated rings. The van der Waals surface area contributed by atoms with E-state index in [4.69, 9.17) is 10.5 Å². The summed E-state index contributed by atoms with van der Waals surface area (Å²) in [5.41, 5.74) is 6.52. The van der Waals surface area contributed by atoms with E-state index in [2.05, 4.69) is 11.8 Å². The summed E-state index contributed by atoms with van der Waals surface area (Å²) in [6.45, 7) is 7.59. The third-order valence-electron chi connectivity index (χ3n) is 3.73. The van der Waals surface area contributed by atoms with E-state index >= 15 is 0 Å². The van der Waals surface area contributed by atoms with Crippen LogP contribution in [0.1, 0.15) is 26.2 Å². The van der Waals surface area contributed by atoms with E-state index in [9.17, 15) is 0 Å². The van der Waals surface area contributed by atoms with Gasteiger partial charge in [0.1, 0.15) is 0 Å². The lowest BCUT2D eigenvalue weighted by atomic mass is 9.70. The van der Waals surface area contributed by atoms with Crippen molar-refractivity contribution < 1.29 is 4.74 Å². The number of hydrogen-bond donors (Lipinski definition) is 1. The maximum atomic E-state index is 6.11. The summed E-state index contributed by atoms with van der Waals surface area (Å²) < 4.78 is 5.39. The highest BCUT2D eigenvalue weighted by molar-refractivity contribution is 5.02. The minimum atomic E-state index is 0.272. The van der Waals surface area contributed by atoms with Crippen LogP contribution in [0.4, 0.5) is 0 Å². The van der Waals surface area contributed by atoms with Gasteiger partial charge in [-0.1, -0.05) is 13.3 Å². The molecule has 0 unspecified atom stereocenters. The number of likely N-dealkylation sites (tertiary alicyclic amines) is 1. The summed E-state index contributed by atoms with van der Waals surface area (Å²) in [6, 6.07) is 0.272. The fraction of sp³-hybridized carbons (Fsp3) is 1.00. The van der Waals surface area contributed by atoms with Crippen molar-refractivity contribution in [3.63, 3.8) is 0 Å². The summed E-state index contributed by atoms with van der Waals surface area (Å²) in [6.07, 6.45) is 3.78. The number of ether oxygens (including phenoxy) is 1. The zero-order chi connectivity index (χ0) is 10.0. The summed E-state index contributed by atoms with van der Waals surface area (Å²) in [5.74, 6) is 0. The highest BCUT2D eigenvalue weighted by Crippen LogP contribution is 2.38. The molecule has 0 amide bonds. The van der Waals surface area contributed by atoms with Crippen LogP contribution in [0.2, 0.25) is 0 Å². The summed E-state index contributed by atoms with van der Waals surface area (Å²) in [4.78, 5) is 2.54. The topological polar surface area (TPSA) is 38.5 Å². The third kappa shape index (κ3) is 1.81. The first-order valence-corrected chi connectivity index (χ1v) is 5.82.